The largest absolute Gasteiger partial charge is 0.511 e. The van der Waals surface area contributed by atoms with Crippen molar-refractivity contribution in [1.29, 1.82) is 0 Å². The van der Waals surface area contributed by atoms with Crippen LogP contribution in [0.4, 0.5) is 4.79 Å². The summed E-state index contributed by atoms with van der Waals surface area (Å²) in [6, 6.07) is 14.1. The Balaban J connectivity index is 1.91. The third-order valence-corrected chi connectivity index (χ3v) is 3.03. The van der Waals surface area contributed by atoms with Crippen molar-refractivity contribution < 1.29 is 38.4 Å². The first kappa shape index (κ1) is 19.8. The minimum Gasteiger partial charge on any atom is -0.456 e. The van der Waals surface area contributed by atoms with E-state index in [1.54, 1.807) is 44.2 Å². The van der Waals surface area contributed by atoms with Crippen molar-refractivity contribution in [2.75, 3.05) is 6.79 Å². The van der Waals surface area contributed by atoms with Crippen LogP contribution in [0.1, 0.15) is 34.6 Å². The van der Waals surface area contributed by atoms with Crippen molar-refractivity contribution in [1.82, 2.24) is 0 Å². The highest BCUT2D eigenvalue weighted by Crippen LogP contribution is 2.19. The number of hydrogen-bond acceptors (Lipinski definition) is 8. The zero-order valence-corrected chi connectivity index (χ0v) is 14.7. The number of ether oxygens (including phenoxy) is 3. The molecule has 2 aromatic carbocycles. The predicted molar refractivity (Wildman–Crippen MR) is 91.9 cm³/mol. The smallest absolute Gasteiger partial charge is 0.456 e. The SMILES string of the molecule is CC(C)OC(=O)OCOc1ccccc1C(=O)OOC(=O)c1ccccc1. The van der Waals surface area contributed by atoms with Crippen LogP contribution in [0.15, 0.2) is 54.6 Å². The maximum Gasteiger partial charge on any atom is 0.511 e. The highest BCUT2D eigenvalue weighted by molar-refractivity contribution is 5.94. The summed E-state index contributed by atoms with van der Waals surface area (Å²) in [5.74, 6) is -1.68. The molecule has 8 nitrogen and oxygen atoms in total. The molecular formula is C19H18O8. The molecule has 0 N–H and O–H groups in total. The lowest BCUT2D eigenvalue weighted by atomic mass is 10.2. The van der Waals surface area contributed by atoms with Gasteiger partial charge < -0.3 is 14.2 Å². The highest BCUT2D eigenvalue weighted by atomic mass is 17.2. The molecule has 0 spiro atoms. The topological polar surface area (TPSA) is 97.4 Å². The second-order valence-electron chi connectivity index (χ2n) is 5.43. The van der Waals surface area contributed by atoms with Crippen LogP contribution in [0.25, 0.3) is 0 Å². The minimum atomic E-state index is -0.945. The number of rotatable bonds is 6. The van der Waals surface area contributed by atoms with Gasteiger partial charge >= 0.3 is 18.1 Å². The van der Waals surface area contributed by atoms with Crippen molar-refractivity contribution in [2.24, 2.45) is 0 Å². The molecule has 0 heterocycles. The number of carbonyl (C=O) groups excluding carboxylic acids is 3. The first-order valence-electron chi connectivity index (χ1n) is 8.01. The van der Waals surface area contributed by atoms with E-state index in [1.165, 1.54) is 24.3 Å². The molecule has 27 heavy (non-hydrogen) atoms. The van der Waals surface area contributed by atoms with Gasteiger partial charge in [-0.1, -0.05) is 30.3 Å². The summed E-state index contributed by atoms with van der Waals surface area (Å²) in [5, 5.41) is 0. The lowest BCUT2D eigenvalue weighted by Crippen LogP contribution is -2.17. The van der Waals surface area contributed by atoms with Crippen LogP contribution in [-0.2, 0) is 19.2 Å². The van der Waals surface area contributed by atoms with Crippen molar-refractivity contribution >= 4 is 18.1 Å². The molecule has 0 aliphatic heterocycles. The summed E-state index contributed by atoms with van der Waals surface area (Å²) < 4.78 is 14.7. The maximum atomic E-state index is 12.1. The average molecular weight is 374 g/mol. The number of para-hydroxylation sites is 1. The van der Waals surface area contributed by atoms with Gasteiger partial charge in [0.05, 0.1) is 11.7 Å². The Morgan fingerprint density at radius 1 is 0.852 bits per heavy atom. The van der Waals surface area contributed by atoms with Crippen LogP contribution in [-0.4, -0.2) is 31.0 Å². The van der Waals surface area contributed by atoms with Gasteiger partial charge in [-0.15, -0.1) is 0 Å². The minimum absolute atomic E-state index is 0.0146. The van der Waals surface area contributed by atoms with Crippen molar-refractivity contribution in [2.45, 2.75) is 20.0 Å². The Morgan fingerprint density at radius 2 is 1.48 bits per heavy atom. The van der Waals surface area contributed by atoms with E-state index in [0.29, 0.717) is 0 Å². The monoisotopic (exact) mass is 374 g/mol. The molecule has 0 aliphatic rings. The summed E-state index contributed by atoms with van der Waals surface area (Å²) in [6.45, 7) is 2.87. The summed E-state index contributed by atoms with van der Waals surface area (Å²) >= 11 is 0. The molecule has 0 aromatic heterocycles. The number of carbonyl (C=O) groups is 3. The summed E-state index contributed by atoms with van der Waals surface area (Å²) in [5.41, 5.74) is 0.214. The fraction of sp³-hybridized carbons (Fsp3) is 0.211. The standard InChI is InChI=1S/C19H18O8/c1-13(2)25-19(22)24-12-23-16-11-7-6-10-15(16)18(21)27-26-17(20)14-8-4-3-5-9-14/h3-11,13H,12H2,1-2H3. The predicted octanol–water partition coefficient (Wildman–Crippen LogP) is 3.51. The molecule has 0 fully saturated rings. The Hall–Kier alpha value is -3.55. The third kappa shape index (κ3) is 6.35. The fourth-order valence-corrected chi connectivity index (χ4v) is 1.87. The molecule has 0 saturated heterocycles. The highest BCUT2D eigenvalue weighted by Gasteiger charge is 2.18. The van der Waals surface area contributed by atoms with Gasteiger partial charge in [-0.05, 0) is 38.1 Å². The lowest BCUT2D eigenvalue weighted by molar-refractivity contribution is -0.187. The Bertz CT molecular complexity index is 785. The zero-order valence-electron chi connectivity index (χ0n) is 14.7. The molecule has 0 atom stereocenters. The van der Waals surface area contributed by atoms with Crippen LogP contribution in [0.2, 0.25) is 0 Å². The quantitative estimate of drug-likeness (QED) is 0.328. The summed E-state index contributed by atoms with van der Waals surface area (Å²) in [6.07, 6.45) is -1.24. The molecule has 0 bridgehead atoms. The van der Waals surface area contributed by atoms with Crippen molar-refractivity contribution in [3.05, 3.63) is 65.7 Å². The molecule has 0 aliphatic carbocycles. The van der Waals surface area contributed by atoms with Gasteiger partial charge in [0.15, 0.2) is 0 Å². The first-order chi connectivity index (χ1) is 13.0. The van der Waals surface area contributed by atoms with E-state index in [9.17, 15) is 14.4 Å². The Morgan fingerprint density at radius 3 is 2.19 bits per heavy atom. The van der Waals surface area contributed by atoms with Gasteiger partial charge in [-0.25, -0.2) is 24.2 Å². The molecular weight excluding hydrogens is 356 g/mol. The second-order valence-corrected chi connectivity index (χ2v) is 5.43. The molecule has 142 valence electrons. The van der Waals surface area contributed by atoms with Gasteiger partial charge in [-0.2, -0.15) is 0 Å². The third-order valence-electron chi connectivity index (χ3n) is 3.03. The van der Waals surface area contributed by atoms with Crippen LogP contribution in [0.5, 0.6) is 5.75 Å². The number of benzene rings is 2. The molecule has 8 heteroatoms. The van der Waals surface area contributed by atoms with E-state index in [2.05, 4.69) is 9.78 Å². The summed E-state index contributed by atoms with van der Waals surface area (Å²) in [7, 11) is 0. The zero-order chi connectivity index (χ0) is 19.6. The van der Waals surface area contributed by atoms with Gasteiger partial charge in [-0.3, -0.25) is 0 Å². The fourth-order valence-electron chi connectivity index (χ4n) is 1.87. The van der Waals surface area contributed by atoms with Crippen LogP contribution < -0.4 is 4.74 Å². The first-order valence-corrected chi connectivity index (χ1v) is 8.01. The summed E-state index contributed by atoms with van der Waals surface area (Å²) in [4.78, 5) is 44.3. The molecule has 0 radical (unpaired) electrons. The van der Waals surface area contributed by atoms with E-state index in [1.807, 2.05) is 0 Å². The number of hydrogen-bond donors (Lipinski definition) is 0. The van der Waals surface area contributed by atoms with Crippen molar-refractivity contribution in [3.63, 3.8) is 0 Å². The average Bonchev–Trinajstić information content (AvgIpc) is 2.66. The van der Waals surface area contributed by atoms with E-state index in [0.717, 1.165) is 0 Å². The molecule has 0 amide bonds. The van der Waals surface area contributed by atoms with Gasteiger partial charge in [0.25, 0.3) is 0 Å². The molecule has 2 aromatic rings. The van der Waals surface area contributed by atoms with E-state index in [4.69, 9.17) is 14.2 Å². The van der Waals surface area contributed by atoms with Crippen molar-refractivity contribution in [3.8, 4) is 5.75 Å². The van der Waals surface area contributed by atoms with E-state index in [-0.39, 0.29) is 23.0 Å². The van der Waals surface area contributed by atoms with Crippen LogP contribution in [0.3, 0.4) is 0 Å². The van der Waals surface area contributed by atoms with Crippen LogP contribution in [0, 0.1) is 0 Å². The van der Waals surface area contributed by atoms with E-state index >= 15 is 0 Å². The molecule has 0 saturated carbocycles. The molecule has 0 unspecified atom stereocenters. The van der Waals surface area contributed by atoms with Gasteiger partial charge in [0, 0.05) is 0 Å². The maximum absolute atomic E-state index is 12.1. The van der Waals surface area contributed by atoms with Gasteiger partial charge in [0.2, 0.25) is 6.79 Å². The van der Waals surface area contributed by atoms with Gasteiger partial charge in [0.1, 0.15) is 11.3 Å². The lowest BCUT2D eigenvalue weighted by Gasteiger charge is -2.11. The van der Waals surface area contributed by atoms with E-state index < -0.39 is 24.9 Å². The normalized spacial score (nSPS) is 10.0. The second kappa shape index (κ2) is 9.81. The molecule has 2 rings (SSSR count). The Kier molecular flexibility index (Phi) is 7.18. The Labute approximate surface area is 155 Å². The van der Waals surface area contributed by atoms with Crippen LogP contribution >= 0.6 is 0 Å².